The summed E-state index contributed by atoms with van der Waals surface area (Å²) in [5, 5.41) is 10.1. The van der Waals surface area contributed by atoms with E-state index in [4.69, 9.17) is 28.5 Å². The monoisotopic (exact) mass is 316 g/mol. The van der Waals surface area contributed by atoms with Crippen molar-refractivity contribution in [3.05, 3.63) is 57.6 Å². The van der Waals surface area contributed by atoms with Crippen LogP contribution in [-0.4, -0.2) is 18.0 Å². The summed E-state index contributed by atoms with van der Waals surface area (Å²) in [5.74, 6) is 0. The molecule has 0 amide bonds. The smallest absolute Gasteiger partial charge is 0.101 e. The van der Waals surface area contributed by atoms with E-state index < -0.39 is 0 Å². The Hall–Kier alpha value is -1.53. The summed E-state index contributed by atoms with van der Waals surface area (Å²) >= 11 is 12.5. The Morgan fingerprint density at radius 3 is 2.33 bits per heavy atom. The zero-order valence-corrected chi connectivity index (χ0v) is 13.0. The number of nitriles is 1. The quantitative estimate of drug-likeness (QED) is 0.818. The van der Waals surface area contributed by atoms with Gasteiger partial charge in [0.2, 0.25) is 0 Å². The molecular formula is C17H14Cl2N2. The van der Waals surface area contributed by atoms with Crippen LogP contribution in [0.25, 0.3) is 11.1 Å². The van der Waals surface area contributed by atoms with Gasteiger partial charge in [0.15, 0.2) is 0 Å². The number of hydrogen-bond acceptors (Lipinski definition) is 2. The Kier molecular flexibility index (Phi) is 4.17. The van der Waals surface area contributed by atoms with Crippen LogP contribution in [0.15, 0.2) is 36.4 Å². The van der Waals surface area contributed by atoms with Crippen molar-refractivity contribution >= 4 is 23.2 Å². The van der Waals surface area contributed by atoms with Gasteiger partial charge in [0.05, 0.1) is 10.6 Å². The fraction of sp³-hybridized carbons (Fsp3) is 0.235. The predicted molar refractivity (Wildman–Crippen MR) is 86.5 cm³/mol. The van der Waals surface area contributed by atoms with Crippen LogP contribution in [0.5, 0.6) is 0 Å². The van der Waals surface area contributed by atoms with Gasteiger partial charge >= 0.3 is 0 Å². The first-order chi connectivity index (χ1) is 10.2. The lowest BCUT2D eigenvalue weighted by Gasteiger charge is -2.30. The third-order valence-electron chi connectivity index (χ3n) is 3.81. The standard InChI is InChI=1S/C17H14Cl2N2/c18-15-7-6-14(10-20)17(19)16(15)13-4-2-12(3-5-13)11-21-8-1-9-21/h2-7H,1,8-9,11H2. The maximum atomic E-state index is 9.07. The topological polar surface area (TPSA) is 27.0 Å². The third kappa shape index (κ3) is 2.91. The Morgan fingerprint density at radius 2 is 1.76 bits per heavy atom. The molecular weight excluding hydrogens is 303 g/mol. The van der Waals surface area contributed by atoms with Gasteiger partial charge in [-0.3, -0.25) is 4.90 Å². The normalized spacial score (nSPS) is 14.5. The SMILES string of the molecule is N#Cc1ccc(Cl)c(-c2ccc(CN3CCC3)cc2)c1Cl. The molecule has 0 unspecified atom stereocenters. The van der Waals surface area contributed by atoms with E-state index in [1.807, 2.05) is 12.1 Å². The second kappa shape index (κ2) is 6.07. The van der Waals surface area contributed by atoms with Crippen LogP contribution in [0.3, 0.4) is 0 Å². The molecule has 0 aliphatic carbocycles. The highest BCUT2D eigenvalue weighted by atomic mass is 35.5. The third-order valence-corrected chi connectivity index (χ3v) is 4.52. The van der Waals surface area contributed by atoms with Crippen molar-refractivity contribution in [2.45, 2.75) is 13.0 Å². The Morgan fingerprint density at radius 1 is 1.05 bits per heavy atom. The van der Waals surface area contributed by atoms with Gasteiger partial charge in [-0.1, -0.05) is 47.5 Å². The van der Waals surface area contributed by atoms with E-state index in [9.17, 15) is 0 Å². The van der Waals surface area contributed by atoms with Crippen molar-refractivity contribution in [3.8, 4) is 17.2 Å². The number of nitrogens with zero attached hydrogens (tertiary/aromatic N) is 2. The maximum absolute atomic E-state index is 9.07. The molecule has 106 valence electrons. The predicted octanol–water partition coefficient (Wildman–Crippen LogP) is 4.74. The average molecular weight is 317 g/mol. The molecule has 1 saturated heterocycles. The number of likely N-dealkylation sites (tertiary alicyclic amines) is 1. The van der Waals surface area contributed by atoms with E-state index in [1.165, 1.54) is 25.1 Å². The van der Waals surface area contributed by atoms with Gasteiger partial charge in [-0.25, -0.2) is 0 Å². The Bertz CT molecular complexity index is 698. The number of rotatable bonds is 3. The van der Waals surface area contributed by atoms with Gasteiger partial charge in [-0.2, -0.15) is 5.26 Å². The highest BCUT2D eigenvalue weighted by Crippen LogP contribution is 2.36. The van der Waals surface area contributed by atoms with Gasteiger partial charge in [0.25, 0.3) is 0 Å². The zero-order chi connectivity index (χ0) is 14.8. The van der Waals surface area contributed by atoms with Crippen molar-refractivity contribution in [2.24, 2.45) is 0 Å². The fourth-order valence-electron chi connectivity index (χ4n) is 2.48. The first-order valence-corrected chi connectivity index (χ1v) is 7.64. The molecule has 0 saturated carbocycles. The van der Waals surface area contributed by atoms with Crippen molar-refractivity contribution in [1.29, 1.82) is 5.26 Å². The molecule has 1 aliphatic rings. The van der Waals surface area contributed by atoms with Crippen LogP contribution in [0.2, 0.25) is 10.0 Å². The van der Waals surface area contributed by atoms with Crippen molar-refractivity contribution in [3.63, 3.8) is 0 Å². The lowest BCUT2D eigenvalue weighted by molar-refractivity contribution is 0.172. The number of halogens is 2. The highest BCUT2D eigenvalue weighted by Gasteiger charge is 2.15. The fourth-order valence-corrected chi connectivity index (χ4v) is 3.11. The lowest BCUT2D eigenvalue weighted by atomic mass is 10.0. The molecule has 4 heteroatoms. The number of hydrogen-bond donors (Lipinski definition) is 0. The molecule has 2 aromatic rings. The number of benzene rings is 2. The molecule has 3 rings (SSSR count). The highest BCUT2D eigenvalue weighted by molar-refractivity contribution is 6.39. The molecule has 0 radical (unpaired) electrons. The molecule has 0 N–H and O–H groups in total. The van der Waals surface area contributed by atoms with Crippen molar-refractivity contribution in [2.75, 3.05) is 13.1 Å². The molecule has 0 aromatic heterocycles. The van der Waals surface area contributed by atoms with E-state index >= 15 is 0 Å². The molecule has 0 bridgehead atoms. The second-order valence-electron chi connectivity index (χ2n) is 5.22. The summed E-state index contributed by atoms with van der Waals surface area (Å²) in [5.41, 5.74) is 3.39. The molecule has 2 aromatic carbocycles. The van der Waals surface area contributed by atoms with Gasteiger partial charge in [0.1, 0.15) is 6.07 Å². The van der Waals surface area contributed by atoms with E-state index in [2.05, 4.69) is 23.1 Å². The molecule has 21 heavy (non-hydrogen) atoms. The van der Waals surface area contributed by atoms with Crippen LogP contribution in [-0.2, 0) is 6.54 Å². The maximum Gasteiger partial charge on any atom is 0.101 e. The minimum Gasteiger partial charge on any atom is -0.299 e. The first-order valence-electron chi connectivity index (χ1n) is 6.89. The van der Waals surface area contributed by atoms with E-state index in [1.54, 1.807) is 12.1 Å². The van der Waals surface area contributed by atoms with Gasteiger partial charge in [0, 0.05) is 17.1 Å². The molecule has 0 atom stereocenters. The molecule has 0 spiro atoms. The minimum absolute atomic E-state index is 0.417. The molecule has 2 nitrogen and oxygen atoms in total. The van der Waals surface area contributed by atoms with E-state index in [-0.39, 0.29) is 0 Å². The summed E-state index contributed by atoms with van der Waals surface area (Å²) < 4.78 is 0. The largest absolute Gasteiger partial charge is 0.299 e. The van der Waals surface area contributed by atoms with Crippen LogP contribution >= 0.6 is 23.2 Å². The van der Waals surface area contributed by atoms with Gasteiger partial charge in [-0.15, -0.1) is 0 Å². The van der Waals surface area contributed by atoms with E-state index in [0.29, 0.717) is 15.6 Å². The zero-order valence-electron chi connectivity index (χ0n) is 11.4. The molecule has 1 heterocycles. The first kappa shape index (κ1) is 14.4. The lowest BCUT2D eigenvalue weighted by Crippen LogP contribution is -2.36. The van der Waals surface area contributed by atoms with Crippen LogP contribution in [0.1, 0.15) is 17.5 Å². The van der Waals surface area contributed by atoms with Gasteiger partial charge in [-0.05, 0) is 42.8 Å². The van der Waals surface area contributed by atoms with Crippen molar-refractivity contribution in [1.82, 2.24) is 4.90 Å². The Labute approximate surface area is 134 Å². The molecule has 1 aliphatic heterocycles. The Balaban J connectivity index is 1.92. The summed E-state index contributed by atoms with van der Waals surface area (Å²) in [6.45, 7) is 3.35. The van der Waals surface area contributed by atoms with Crippen LogP contribution in [0.4, 0.5) is 0 Å². The summed E-state index contributed by atoms with van der Waals surface area (Å²) in [6, 6.07) is 13.7. The van der Waals surface area contributed by atoms with E-state index in [0.717, 1.165) is 17.7 Å². The summed E-state index contributed by atoms with van der Waals surface area (Å²) in [4.78, 5) is 2.41. The van der Waals surface area contributed by atoms with Crippen LogP contribution in [0, 0.1) is 11.3 Å². The minimum atomic E-state index is 0.417. The summed E-state index contributed by atoms with van der Waals surface area (Å²) in [6.07, 6.45) is 1.30. The molecule has 1 fully saturated rings. The second-order valence-corrected chi connectivity index (χ2v) is 6.01. The van der Waals surface area contributed by atoms with Crippen LogP contribution < -0.4 is 0 Å². The van der Waals surface area contributed by atoms with Crippen molar-refractivity contribution < 1.29 is 0 Å². The average Bonchev–Trinajstić information content (AvgIpc) is 2.45. The summed E-state index contributed by atoms with van der Waals surface area (Å²) in [7, 11) is 0. The van der Waals surface area contributed by atoms with Gasteiger partial charge < -0.3 is 0 Å².